The summed E-state index contributed by atoms with van der Waals surface area (Å²) in [6, 6.07) is 16.1. The van der Waals surface area contributed by atoms with Crippen molar-refractivity contribution in [1.82, 2.24) is 15.1 Å². The van der Waals surface area contributed by atoms with Crippen LogP contribution in [0.15, 0.2) is 54.6 Å². The summed E-state index contributed by atoms with van der Waals surface area (Å²) in [5.41, 5.74) is 1.55. The van der Waals surface area contributed by atoms with Crippen LogP contribution in [0.3, 0.4) is 0 Å². The topological polar surface area (TPSA) is 105 Å². The van der Waals surface area contributed by atoms with E-state index in [0.29, 0.717) is 43.8 Å². The third-order valence-corrected chi connectivity index (χ3v) is 6.97. The highest BCUT2D eigenvalue weighted by Gasteiger charge is 2.38. The summed E-state index contributed by atoms with van der Waals surface area (Å²) < 4.78 is 9.77. The van der Waals surface area contributed by atoms with Crippen LogP contribution >= 0.6 is 0 Å². The average Bonchev–Trinajstić information content (AvgIpc) is 3.31. The van der Waals surface area contributed by atoms with Gasteiger partial charge >= 0.3 is 6.16 Å². The van der Waals surface area contributed by atoms with Gasteiger partial charge in [-0.25, -0.2) is 4.79 Å². The van der Waals surface area contributed by atoms with E-state index in [1.165, 1.54) is 0 Å². The zero-order chi connectivity index (χ0) is 26.4. The van der Waals surface area contributed by atoms with Crippen LogP contribution in [0.2, 0.25) is 0 Å². The Morgan fingerprint density at radius 2 is 1.70 bits per heavy atom. The predicted octanol–water partition coefficient (Wildman–Crippen LogP) is 3.55. The van der Waals surface area contributed by atoms with Gasteiger partial charge in [0.05, 0.1) is 18.6 Å². The van der Waals surface area contributed by atoms with E-state index in [1.54, 1.807) is 41.0 Å². The molecule has 0 bridgehead atoms. The van der Waals surface area contributed by atoms with E-state index >= 15 is 0 Å². The fourth-order valence-corrected chi connectivity index (χ4v) is 4.83. The van der Waals surface area contributed by atoms with Crippen molar-refractivity contribution >= 4 is 23.9 Å². The summed E-state index contributed by atoms with van der Waals surface area (Å²) in [5, 5.41) is 3.10. The van der Waals surface area contributed by atoms with E-state index in [-0.39, 0.29) is 48.8 Å². The second-order valence-electron chi connectivity index (χ2n) is 9.42. The molecule has 9 heteroatoms. The number of nitrogens with one attached hydrogen (secondary N) is 1. The maximum Gasteiger partial charge on any atom is 0.513 e. The Kier molecular flexibility index (Phi) is 8.43. The molecule has 2 atom stereocenters. The largest absolute Gasteiger partial charge is 0.513 e. The van der Waals surface area contributed by atoms with Crippen LogP contribution in [0, 0.1) is 5.92 Å². The zero-order valence-corrected chi connectivity index (χ0v) is 21.2. The third kappa shape index (κ3) is 6.47. The smallest absolute Gasteiger partial charge is 0.434 e. The number of likely N-dealkylation sites (tertiary alicyclic amines) is 2. The van der Waals surface area contributed by atoms with Gasteiger partial charge in [-0.2, -0.15) is 0 Å². The number of carbonyl (C=O) groups excluding carboxylic acids is 4. The number of benzene rings is 2. The maximum atomic E-state index is 12.9. The van der Waals surface area contributed by atoms with Gasteiger partial charge in [-0.05, 0) is 56.5 Å². The van der Waals surface area contributed by atoms with Crippen molar-refractivity contribution in [2.24, 2.45) is 5.92 Å². The summed E-state index contributed by atoms with van der Waals surface area (Å²) in [6.45, 7) is 5.34. The van der Waals surface area contributed by atoms with Gasteiger partial charge in [-0.15, -0.1) is 0 Å². The first-order valence-corrected chi connectivity index (χ1v) is 12.7. The van der Waals surface area contributed by atoms with Crippen molar-refractivity contribution in [3.05, 3.63) is 65.7 Å². The molecule has 2 saturated heterocycles. The van der Waals surface area contributed by atoms with Gasteiger partial charge in [-0.3, -0.25) is 14.4 Å². The molecule has 0 aliphatic carbocycles. The Hall–Kier alpha value is -3.88. The molecule has 2 aliphatic heterocycles. The molecule has 1 N–H and O–H groups in total. The van der Waals surface area contributed by atoms with Crippen LogP contribution in [0.5, 0.6) is 5.75 Å². The number of ether oxygens (including phenoxy) is 2. The summed E-state index contributed by atoms with van der Waals surface area (Å²) in [5.74, 6) is -0.278. The molecule has 0 spiro atoms. The molecule has 9 nitrogen and oxygen atoms in total. The van der Waals surface area contributed by atoms with Gasteiger partial charge < -0.3 is 24.6 Å². The highest BCUT2D eigenvalue weighted by Crippen LogP contribution is 2.29. The third-order valence-electron chi connectivity index (χ3n) is 6.97. The van der Waals surface area contributed by atoms with Gasteiger partial charge in [0.25, 0.3) is 5.91 Å². The molecule has 0 saturated carbocycles. The van der Waals surface area contributed by atoms with E-state index in [2.05, 4.69) is 5.32 Å². The highest BCUT2D eigenvalue weighted by molar-refractivity contribution is 5.94. The van der Waals surface area contributed by atoms with Crippen molar-refractivity contribution in [3.63, 3.8) is 0 Å². The van der Waals surface area contributed by atoms with Crippen molar-refractivity contribution < 1.29 is 28.7 Å². The second kappa shape index (κ2) is 11.9. The SMILES string of the molecule is CCOC(=O)Oc1ccc(C(=O)N2CCC(NC(=O)C3CC(=O)N(C(C)c4ccccc4)C3)CC2)cc1. The Bertz CT molecular complexity index is 1110. The van der Waals surface area contributed by atoms with E-state index in [4.69, 9.17) is 9.47 Å². The van der Waals surface area contributed by atoms with E-state index in [0.717, 1.165) is 5.56 Å². The Balaban J connectivity index is 1.24. The fraction of sp³-hybridized carbons (Fsp3) is 0.429. The number of amides is 3. The molecule has 37 heavy (non-hydrogen) atoms. The lowest BCUT2D eigenvalue weighted by molar-refractivity contribution is -0.130. The second-order valence-corrected chi connectivity index (χ2v) is 9.42. The number of hydrogen-bond donors (Lipinski definition) is 1. The minimum atomic E-state index is -0.786. The number of nitrogens with zero attached hydrogens (tertiary/aromatic N) is 2. The summed E-state index contributed by atoms with van der Waals surface area (Å²) >= 11 is 0. The van der Waals surface area contributed by atoms with E-state index in [9.17, 15) is 19.2 Å². The lowest BCUT2D eigenvalue weighted by Gasteiger charge is -2.33. The standard InChI is InChI=1S/C28H33N3O6/c1-3-36-28(35)37-24-11-9-21(10-12-24)27(34)30-15-13-23(14-16-30)29-26(33)22-17-25(32)31(18-22)19(2)20-7-5-4-6-8-20/h4-12,19,22-23H,3,13-18H2,1-2H3,(H,29,33). The highest BCUT2D eigenvalue weighted by atomic mass is 16.7. The molecule has 0 radical (unpaired) electrons. The van der Waals surface area contributed by atoms with Crippen LogP contribution in [0.25, 0.3) is 0 Å². The van der Waals surface area contributed by atoms with Gasteiger partial charge in [0.1, 0.15) is 5.75 Å². The first-order valence-electron chi connectivity index (χ1n) is 12.7. The maximum absolute atomic E-state index is 12.9. The molecule has 4 rings (SSSR count). The number of carbonyl (C=O) groups is 4. The molecule has 196 valence electrons. The van der Waals surface area contributed by atoms with Crippen LogP contribution < -0.4 is 10.1 Å². The molecule has 2 unspecified atom stereocenters. The molecular weight excluding hydrogens is 474 g/mol. The molecule has 2 aromatic rings. The van der Waals surface area contributed by atoms with Gasteiger partial charge in [0, 0.05) is 37.7 Å². The summed E-state index contributed by atoms with van der Waals surface area (Å²) in [4.78, 5) is 53.4. The van der Waals surface area contributed by atoms with Crippen molar-refractivity contribution in [2.45, 2.75) is 45.2 Å². The fourth-order valence-electron chi connectivity index (χ4n) is 4.83. The van der Waals surface area contributed by atoms with Gasteiger partial charge in [0.15, 0.2) is 0 Å². The minimum absolute atomic E-state index is 0.00408. The summed E-state index contributed by atoms with van der Waals surface area (Å²) in [6.07, 6.45) is 0.723. The van der Waals surface area contributed by atoms with E-state index in [1.807, 2.05) is 37.3 Å². The van der Waals surface area contributed by atoms with Crippen molar-refractivity contribution in [2.75, 3.05) is 26.2 Å². The van der Waals surface area contributed by atoms with Gasteiger partial charge in [-0.1, -0.05) is 30.3 Å². The Morgan fingerprint density at radius 3 is 2.35 bits per heavy atom. The molecule has 3 amide bonds. The Morgan fingerprint density at radius 1 is 1.03 bits per heavy atom. The average molecular weight is 508 g/mol. The molecule has 2 aromatic carbocycles. The lowest BCUT2D eigenvalue weighted by Crippen LogP contribution is -2.48. The van der Waals surface area contributed by atoms with Crippen molar-refractivity contribution in [1.29, 1.82) is 0 Å². The van der Waals surface area contributed by atoms with Gasteiger partial charge in [0.2, 0.25) is 11.8 Å². The normalized spacial score (nSPS) is 18.9. The predicted molar refractivity (Wildman–Crippen MR) is 136 cm³/mol. The molecule has 0 aromatic heterocycles. The monoisotopic (exact) mass is 507 g/mol. The number of piperidine rings is 1. The zero-order valence-electron chi connectivity index (χ0n) is 21.2. The first-order chi connectivity index (χ1) is 17.9. The van der Waals surface area contributed by atoms with E-state index < -0.39 is 6.16 Å². The molecule has 2 fully saturated rings. The quantitative estimate of drug-likeness (QED) is 0.454. The molecular formula is C28H33N3O6. The van der Waals surface area contributed by atoms with Crippen LogP contribution in [-0.4, -0.2) is 66.0 Å². The van der Waals surface area contributed by atoms with Crippen LogP contribution in [0.4, 0.5) is 4.79 Å². The Labute approximate surface area is 216 Å². The lowest BCUT2D eigenvalue weighted by atomic mass is 10.0. The van der Waals surface area contributed by atoms with Crippen LogP contribution in [-0.2, 0) is 14.3 Å². The van der Waals surface area contributed by atoms with Crippen LogP contribution in [0.1, 0.15) is 55.1 Å². The first kappa shape index (κ1) is 26.2. The molecule has 2 aliphatic rings. The number of rotatable bonds is 7. The number of hydrogen-bond acceptors (Lipinski definition) is 6. The van der Waals surface area contributed by atoms with Crippen molar-refractivity contribution in [3.8, 4) is 5.75 Å². The minimum Gasteiger partial charge on any atom is -0.434 e. The summed E-state index contributed by atoms with van der Waals surface area (Å²) in [7, 11) is 0. The molecule has 2 heterocycles.